The number of halogens is 2. The minimum Gasteiger partial charge on any atom is -0.484 e. The predicted octanol–water partition coefficient (Wildman–Crippen LogP) is 6.17. The molecule has 0 bridgehead atoms. The Morgan fingerprint density at radius 1 is 1.00 bits per heavy atom. The van der Waals surface area contributed by atoms with Gasteiger partial charge in [0.1, 0.15) is 17.6 Å². The van der Waals surface area contributed by atoms with E-state index in [1.165, 1.54) is 12.1 Å². The molecule has 0 heterocycles. The maximum atomic E-state index is 13.7. The van der Waals surface area contributed by atoms with E-state index >= 15 is 0 Å². The number of benzene rings is 3. The van der Waals surface area contributed by atoms with Gasteiger partial charge >= 0.3 is 0 Å². The highest BCUT2D eigenvalue weighted by atomic mass is 35.5. The SMILES string of the molecule is Cc1cc(OCC(=O)N(Cc2ccc(F)cc2)[C@H](Cc2ccccc2)C(=O)NC2CCCC2)cc(C)c1Cl. The van der Waals surface area contributed by atoms with E-state index in [0.717, 1.165) is 47.9 Å². The van der Waals surface area contributed by atoms with Gasteiger partial charge in [-0.15, -0.1) is 0 Å². The van der Waals surface area contributed by atoms with Gasteiger partial charge in [0.05, 0.1) is 0 Å². The summed E-state index contributed by atoms with van der Waals surface area (Å²) in [6.07, 6.45) is 4.40. The Bertz CT molecular complexity index is 1220. The fourth-order valence-corrected chi connectivity index (χ4v) is 5.03. The molecule has 1 atom stereocenters. The van der Waals surface area contributed by atoms with E-state index in [0.29, 0.717) is 17.2 Å². The third-order valence-corrected chi connectivity index (χ3v) is 7.61. The summed E-state index contributed by atoms with van der Waals surface area (Å²) in [5, 5.41) is 3.84. The van der Waals surface area contributed by atoms with E-state index in [2.05, 4.69) is 5.32 Å². The second-order valence-corrected chi connectivity index (χ2v) is 10.4. The first-order valence-electron chi connectivity index (χ1n) is 13.1. The molecule has 1 aliphatic rings. The van der Waals surface area contributed by atoms with Crippen LogP contribution in [0.5, 0.6) is 5.75 Å². The second-order valence-electron chi connectivity index (χ2n) is 10.0. The molecule has 0 saturated heterocycles. The number of nitrogens with zero attached hydrogens (tertiary/aromatic N) is 1. The Hall–Kier alpha value is -3.38. The lowest BCUT2D eigenvalue weighted by atomic mass is 10.0. The zero-order valence-electron chi connectivity index (χ0n) is 21.9. The number of hydrogen-bond acceptors (Lipinski definition) is 3. The maximum absolute atomic E-state index is 13.7. The van der Waals surface area contributed by atoms with Crippen LogP contribution in [0.2, 0.25) is 5.02 Å². The zero-order valence-corrected chi connectivity index (χ0v) is 22.6. The van der Waals surface area contributed by atoms with Crippen molar-refractivity contribution in [2.45, 2.75) is 64.6 Å². The lowest BCUT2D eigenvalue weighted by Gasteiger charge is -2.32. The fraction of sp³-hybridized carbons (Fsp3) is 0.355. The van der Waals surface area contributed by atoms with Crippen molar-refractivity contribution >= 4 is 23.4 Å². The van der Waals surface area contributed by atoms with E-state index in [-0.39, 0.29) is 36.8 Å². The van der Waals surface area contributed by atoms with Gasteiger partial charge in [-0.25, -0.2) is 4.39 Å². The quantitative estimate of drug-likeness (QED) is 0.337. The van der Waals surface area contributed by atoms with Crippen molar-refractivity contribution in [3.8, 4) is 5.75 Å². The minimum absolute atomic E-state index is 0.111. The molecule has 0 aliphatic heterocycles. The summed E-state index contributed by atoms with van der Waals surface area (Å²) in [6.45, 7) is 3.67. The van der Waals surface area contributed by atoms with Crippen LogP contribution in [0.4, 0.5) is 4.39 Å². The number of aryl methyl sites for hydroxylation is 2. The molecule has 0 unspecified atom stereocenters. The highest BCUT2D eigenvalue weighted by molar-refractivity contribution is 6.32. The van der Waals surface area contributed by atoms with Gasteiger partial charge < -0.3 is 15.0 Å². The molecule has 38 heavy (non-hydrogen) atoms. The molecule has 3 aromatic carbocycles. The number of rotatable bonds is 10. The van der Waals surface area contributed by atoms with Gasteiger partial charge in [-0.3, -0.25) is 9.59 Å². The van der Waals surface area contributed by atoms with Gasteiger partial charge in [0.25, 0.3) is 5.91 Å². The van der Waals surface area contributed by atoms with Crippen LogP contribution in [0, 0.1) is 19.7 Å². The molecular weight excluding hydrogens is 503 g/mol. The molecule has 200 valence electrons. The molecule has 3 aromatic rings. The normalized spacial score (nSPS) is 14.2. The molecule has 2 amide bonds. The van der Waals surface area contributed by atoms with Crippen LogP contribution in [0.15, 0.2) is 66.7 Å². The summed E-state index contributed by atoms with van der Waals surface area (Å²) in [5.74, 6) is -0.339. The van der Waals surface area contributed by atoms with Crippen molar-refractivity contribution in [2.24, 2.45) is 0 Å². The first-order valence-corrected chi connectivity index (χ1v) is 13.5. The molecular formula is C31H34ClFN2O3. The van der Waals surface area contributed by atoms with Crippen LogP contribution in [0.1, 0.15) is 47.9 Å². The number of amides is 2. The summed E-state index contributed by atoms with van der Waals surface area (Å²) in [4.78, 5) is 28.9. The van der Waals surface area contributed by atoms with Crippen molar-refractivity contribution in [1.82, 2.24) is 10.2 Å². The molecule has 4 rings (SSSR count). The first-order chi connectivity index (χ1) is 18.3. The van der Waals surface area contributed by atoms with Crippen molar-refractivity contribution < 1.29 is 18.7 Å². The van der Waals surface area contributed by atoms with E-state index < -0.39 is 6.04 Å². The second kappa shape index (κ2) is 12.9. The summed E-state index contributed by atoms with van der Waals surface area (Å²) in [6, 6.07) is 18.6. The summed E-state index contributed by atoms with van der Waals surface area (Å²) in [7, 11) is 0. The monoisotopic (exact) mass is 536 g/mol. The van der Waals surface area contributed by atoms with Gasteiger partial charge in [0, 0.05) is 24.0 Å². The van der Waals surface area contributed by atoms with Gasteiger partial charge in [-0.2, -0.15) is 0 Å². The lowest BCUT2D eigenvalue weighted by Crippen LogP contribution is -2.53. The van der Waals surface area contributed by atoms with Crippen molar-refractivity contribution in [1.29, 1.82) is 0 Å². The molecule has 0 spiro atoms. The van der Waals surface area contributed by atoms with E-state index in [9.17, 15) is 14.0 Å². The molecule has 1 saturated carbocycles. The Labute approximate surface area is 228 Å². The Morgan fingerprint density at radius 2 is 1.63 bits per heavy atom. The summed E-state index contributed by atoms with van der Waals surface area (Å²) < 4.78 is 19.5. The topological polar surface area (TPSA) is 58.6 Å². The molecule has 5 nitrogen and oxygen atoms in total. The highest BCUT2D eigenvalue weighted by Crippen LogP contribution is 2.26. The number of hydrogen-bond donors (Lipinski definition) is 1. The summed E-state index contributed by atoms with van der Waals surface area (Å²) in [5.41, 5.74) is 3.39. The van der Waals surface area contributed by atoms with Crippen LogP contribution in [-0.2, 0) is 22.6 Å². The molecule has 1 fully saturated rings. The molecule has 0 aromatic heterocycles. The standard InChI is InChI=1S/C31H34ClFN2O3/c1-21-16-27(17-22(2)30(21)32)38-20-29(36)35(19-24-12-14-25(33)15-13-24)28(18-23-8-4-3-5-9-23)31(37)34-26-10-6-7-11-26/h3-5,8-9,12-17,26,28H,6-7,10-11,18-20H2,1-2H3,(H,34,37)/t28-/m1/s1. The van der Waals surface area contributed by atoms with Gasteiger partial charge in [0.15, 0.2) is 6.61 Å². The number of carbonyl (C=O) groups excluding carboxylic acids is 2. The third-order valence-electron chi connectivity index (χ3n) is 7.01. The van der Waals surface area contributed by atoms with Crippen molar-refractivity contribution in [3.05, 3.63) is 99.8 Å². The molecule has 1 N–H and O–H groups in total. The highest BCUT2D eigenvalue weighted by Gasteiger charge is 2.32. The first kappa shape index (κ1) is 27.6. The van der Waals surface area contributed by atoms with Crippen LogP contribution in [0.3, 0.4) is 0 Å². The number of nitrogens with one attached hydrogen (secondary N) is 1. The van der Waals surface area contributed by atoms with E-state index in [1.54, 1.807) is 29.2 Å². The van der Waals surface area contributed by atoms with Crippen molar-refractivity contribution in [2.75, 3.05) is 6.61 Å². The van der Waals surface area contributed by atoms with Crippen LogP contribution >= 0.6 is 11.6 Å². The largest absolute Gasteiger partial charge is 0.484 e. The minimum atomic E-state index is -0.757. The maximum Gasteiger partial charge on any atom is 0.261 e. The Balaban J connectivity index is 1.61. The van der Waals surface area contributed by atoms with Gasteiger partial charge in [-0.1, -0.05) is 66.9 Å². The van der Waals surface area contributed by atoms with E-state index in [4.69, 9.17) is 16.3 Å². The smallest absolute Gasteiger partial charge is 0.261 e. The Morgan fingerprint density at radius 3 is 2.26 bits per heavy atom. The van der Waals surface area contributed by atoms with Crippen LogP contribution in [-0.4, -0.2) is 35.4 Å². The van der Waals surface area contributed by atoms with Crippen molar-refractivity contribution in [3.63, 3.8) is 0 Å². The predicted molar refractivity (Wildman–Crippen MR) is 148 cm³/mol. The summed E-state index contributed by atoms with van der Waals surface area (Å²) >= 11 is 6.29. The van der Waals surface area contributed by atoms with E-state index in [1.807, 2.05) is 44.2 Å². The molecule has 1 aliphatic carbocycles. The lowest BCUT2D eigenvalue weighted by molar-refractivity contribution is -0.143. The zero-order chi connectivity index (χ0) is 27.1. The number of ether oxygens (including phenoxy) is 1. The Kier molecular flexibility index (Phi) is 9.40. The number of carbonyl (C=O) groups is 2. The average molecular weight is 537 g/mol. The molecule has 7 heteroatoms. The average Bonchev–Trinajstić information content (AvgIpc) is 3.42. The van der Waals surface area contributed by atoms with Gasteiger partial charge in [0.2, 0.25) is 5.91 Å². The van der Waals surface area contributed by atoms with Gasteiger partial charge in [-0.05, 0) is 73.2 Å². The van der Waals surface area contributed by atoms with Crippen LogP contribution < -0.4 is 10.1 Å². The molecule has 0 radical (unpaired) electrons. The third kappa shape index (κ3) is 7.35. The van der Waals surface area contributed by atoms with Crippen LogP contribution in [0.25, 0.3) is 0 Å². The fourth-order valence-electron chi connectivity index (χ4n) is 4.93.